The quantitative estimate of drug-likeness (QED) is 0.242. The SMILES string of the molecule is CC(C)OC(=O)Nc1cnc(-c2cncc(F)c2)nc1C(F)(F)F.Fc1cncc(-c2ncc(Cl)c(C(F)(F)F)n2)c1. The summed E-state index contributed by atoms with van der Waals surface area (Å²) in [7, 11) is 0. The number of hydrogen-bond donors (Lipinski definition) is 1. The molecule has 4 heterocycles. The molecule has 0 saturated heterocycles. The second-order valence-corrected chi connectivity index (χ2v) is 8.61. The molecule has 0 fully saturated rings. The van der Waals surface area contributed by atoms with Crippen molar-refractivity contribution in [3.63, 3.8) is 0 Å². The van der Waals surface area contributed by atoms with E-state index in [0.29, 0.717) is 0 Å². The zero-order chi connectivity index (χ0) is 31.2. The van der Waals surface area contributed by atoms with Gasteiger partial charge in [0.05, 0.1) is 41.6 Å². The van der Waals surface area contributed by atoms with E-state index < -0.39 is 58.3 Å². The summed E-state index contributed by atoms with van der Waals surface area (Å²) in [4.78, 5) is 32.5. The van der Waals surface area contributed by atoms with Crippen LogP contribution in [-0.4, -0.2) is 42.1 Å². The van der Waals surface area contributed by atoms with Crippen LogP contribution in [0.4, 0.5) is 45.6 Å². The van der Waals surface area contributed by atoms with Crippen molar-refractivity contribution in [2.24, 2.45) is 0 Å². The second-order valence-electron chi connectivity index (χ2n) is 8.20. The zero-order valence-electron chi connectivity index (χ0n) is 21.1. The number of nitrogens with one attached hydrogen (secondary N) is 1. The molecule has 42 heavy (non-hydrogen) atoms. The summed E-state index contributed by atoms with van der Waals surface area (Å²) in [5.41, 5.74) is -3.30. The lowest BCUT2D eigenvalue weighted by molar-refractivity contribution is -0.141. The maximum Gasteiger partial charge on any atom is 0.435 e. The molecule has 0 aliphatic rings. The van der Waals surface area contributed by atoms with Crippen LogP contribution in [0.1, 0.15) is 25.2 Å². The largest absolute Gasteiger partial charge is 0.447 e. The lowest BCUT2D eigenvalue weighted by Gasteiger charge is -2.14. The maximum absolute atomic E-state index is 13.2. The Labute approximate surface area is 236 Å². The van der Waals surface area contributed by atoms with Crippen LogP contribution >= 0.6 is 11.6 Å². The number of aromatic nitrogens is 6. The van der Waals surface area contributed by atoms with Crippen LogP contribution in [0.25, 0.3) is 22.8 Å². The van der Waals surface area contributed by atoms with Gasteiger partial charge < -0.3 is 4.74 Å². The van der Waals surface area contributed by atoms with Crippen molar-refractivity contribution in [3.05, 3.63) is 77.4 Å². The molecular formula is C24H16ClF8N7O2. The van der Waals surface area contributed by atoms with E-state index in [9.17, 15) is 39.9 Å². The number of pyridine rings is 2. The van der Waals surface area contributed by atoms with Gasteiger partial charge in [-0.25, -0.2) is 33.5 Å². The molecule has 0 aromatic carbocycles. The highest BCUT2D eigenvalue weighted by atomic mass is 35.5. The zero-order valence-corrected chi connectivity index (χ0v) is 21.9. The van der Waals surface area contributed by atoms with Crippen LogP contribution in [0.2, 0.25) is 5.02 Å². The second kappa shape index (κ2) is 13.0. The highest BCUT2D eigenvalue weighted by Gasteiger charge is 2.37. The van der Waals surface area contributed by atoms with Crippen molar-refractivity contribution in [1.29, 1.82) is 0 Å². The number of alkyl halides is 6. The highest BCUT2D eigenvalue weighted by molar-refractivity contribution is 6.31. The third-order valence-electron chi connectivity index (χ3n) is 4.58. The number of carbonyl (C=O) groups excluding carboxylic acids is 1. The van der Waals surface area contributed by atoms with E-state index in [4.69, 9.17) is 16.3 Å². The van der Waals surface area contributed by atoms with Crippen LogP contribution in [0.3, 0.4) is 0 Å². The van der Waals surface area contributed by atoms with Gasteiger partial charge in [-0.1, -0.05) is 11.6 Å². The predicted molar refractivity (Wildman–Crippen MR) is 131 cm³/mol. The summed E-state index contributed by atoms with van der Waals surface area (Å²) in [5.74, 6) is -2.11. The summed E-state index contributed by atoms with van der Waals surface area (Å²) in [6.07, 6.45) is -5.46. The first-order valence-electron chi connectivity index (χ1n) is 11.3. The molecule has 0 radical (unpaired) electrons. The van der Waals surface area contributed by atoms with Gasteiger partial charge in [0.1, 0.15) is 11.6 Å². The molecular weight excluding hydrogens is 606 g/mol. The van der Waals surface area contributed by atoms with Crippen LogP contribution < -0.4 is 5.32 Å². The molecule has 4 aromatic heterocycles. The van der Waals surface area contributed by atoms with E-state index in [2.05, 4.69) is 29.9 Å². The molecule has 1 N–H and O–H groups in total. The lowest BCUT2D eigenvalue weighted by Crippen LogP contribution is -2.21. The Bertz CT molecular complexity index is 1570. The number of anilines is 1. The van der Waals surface area contributed by atoms with Gasteiger partial charge >= 0.3 is 18.4 Å². The van der Waals surface area contributed by atoms with Gasteiger partial charge in [0, 0.05) is 23.5 Å². The van der Waals surface area contributed by atoms with Gasteiger partial charge in [0.2, 0.25) is 0 Å². The third-order valence-corrected chi connectivity index (χ3v) is 4.85. The molecule has 0 atom stereocenters. The Hall–Kier alpha value is -4.54. The molecule has 0 aliphatic heterocycles. The Morgan fingerprint density at radius 2 is 1.26 bits per heavy atom. The molecule has 0 unspecified atom stereocenters. The molecule has 0 bridgehead atoms. The van der Waals surface area contributed by atoms with E-state index in [1.54, 1.807) is 13.8 Å². The number of ether oxygens (including phenoxy) is 1. The maximum atomic E-state index is 13.2. The van der Waals surface area contributed by atoms with E-state index in [1.165, 1.54) is 0 Å². The summed E-state index contributed by atoms with van der Waals surface area (Å²) < 4.78 is 108. The van der Waals surface area contributed by atoms with Crippen molar-refractivity contribution < 1.29 is 44.7 Å². The van der Waals surface area contributed by atoms with Crippen LogP contribution in [-0.2, 0) is 17.1 Å². The predicted octanol–water partition coefficient (Wildman–Crippen LogP) is 7.00. The number of halogens is 9. The van der Waals surface area contributed by atoms with Gasteiger partial charge in [0.25, 0.3) is 0 Å². The van der Waals surface area contributed by atoms with E-state index in [0.717, 1.165) is 49.3 Å². The Balaban J connectivity index is 0.000000240. The minimum absolute atomic E-state index is 0.0307. The average Bonchev–Trinajstić information content (AvgIpc) is 2.88. The Morgan fingerprint density at radius 3 is 1.71 bits per heavy atom. The summed E-state index contributed by atoms with van der Waals surface area (Å²) in [6.45, 7) is 3.08. The van der Waals surface area contributed by atoms with Crippen molar-refractivity contribution in [3.8, 4) is 22.8 Å². The number of nitrogens with zero attached hydrogens (tertiary/aromatic N) is 6. The Morgan fingerprint density at radius 1 is 0.786 bits per heavy atom. The monoisotopic (exact) mass is 621 g/mol. The molecule has 0 saturated carbocycles. The summed E-state index contributed by atoms with van der Waals surface area (Å²) in [5, 5.41) is 1.33. The molecule has 4 rings (SSSR count). The van der Waals surface area contributed by atoms with Crippen molar-refractivity contribution in [2.45, 2.75) is 32.3 Å². The topological polar surface area (TPSA) is 116 Å². The first-order valence-corrected chi connectivity index (χ1v) is 11.7. The van der Waals surface area contributed by atoms with Crippen molar-refractivity contribution >= 4 is 23.4 Å². The van der Waals surface area contributed by atoms with E-state index in [1.807, 2.05) is 5.32 Å². The number of carbonyl (C=O) groups is 1. The molecule has 0 spiro atoms. The number of amides is 1. The van der Waals surface area contributed by atoms with Crippen molar-refractivity contribution in [2.75, 3.05) is 5.32 Å². The standard InChI is InChI=1S/C14H12F4N4O2.C10H4ClF4N3/c1-7(2)24-13(23)21-10-6-20-12(22-11(10)14(16,17)18)8-3-9(15)5-19-4-8;11-7-4-17-9(18-8(7)10(13,14)15)5-1-6(12)3-16-2-5/h3-7H,1-2H3,(H,21,23);1-4H. The fraction of sp³-hybridized carbons (Fsp3) is 0.208. The first kappa shape index (κ1) is 32.0. The molecule has 4 aromatic rings. The fourth-order valence-corrected chi connectivity index (χ4v) is 3.15. The number of hydrogen-bond acceptors (Lipinski definition) is 8. The third kappa shape index (κ3) is 8.73. The van der Waals surface area contributed by atoms with Crippen LogP contribution in [0.5, 0.6) is 0 Å². The van der Waals surface area contributed by atoms with Gasteiger partial charge in [-0.2, -0.15) is 26.3 Å². The Kier molecular flexibility index (Phi) is 9.87. The van der Waals surface area contributed by atoms with Gasteiger partial charge in [-0.15, -0.1) is 0 Å². The van der Waals surface area contributed by atoms with Crippen molar-refractivity contribution in [1.82, 2.24) is 29.9 Å². The van der Waals surface area contributed by atoms with Gasteiger partial charge in [-0.05, 0) is 26.0 Å². The minimum atomic E-state index is -4.86. The number of rotatable bonds is 4. The van der Waals surface area contributed by atoms with E-state index >= 15 is 0 Å². The normalized spacial score (nSPS) is 11.5. The average molecular weight is 622 g/mol. The van der Waals surface area contributed by atoms with Crippen LogP contribution in [0.15, 0.2) is 49.3 Å². The van der Waals surface area contributed by atoms with Gasteiger partial charge in [-0.3, -0.25) is 15.3 Å². The van der Waals surface area contributed by atoms with Crippen LogP contribution in [0, 0.1) is 11.6 Å². The molecule has 1 amide bonds. The fourth-order valence-electron chi connectivity index (χ4n) is 2.96. The summed E-state index contributed by atoms with van der Waals surface area (Å²) >= 11 is 5.36. The molecule has 9 nitrogen and oxygen atoms in total. The highest BCUT2D eigenvalue weighted by Crippen LogP contribution is 2.35. The minimum Gasteiger partial charge on any atom is -0.447 e. The lowest BCUT2D eigenvalue weighted by atomic mass is 10.2. The molecule has 18 heteroatoms. The smallest absolute Gasteiger partial charge is 0.435 e. The molecule has 222 valence electrons. The first-order chi connectivity index (χ1) is 19.5. The summed E-state index contributed by atoms with van der Waals surface area (Å²) in [6, 6.07) is 1.93. The van der Waals surface area contributed by atoms with E-state index in [-0.39, 0.29) is 22.8 Å². The van der Waals surface area contributed by atoms with Gasteiger partial charge in [0.15, 0.2) is 23.0 Å². The molecule has 0 aliphatic carbocycles.